The van der Waals surface area contributed by atoms with Crippen LogP contribution in [0.2, 0.25) is 0 Å². The standard InChI is InChI=1S/C23H26N2O2/c26-17-22-21-9-5-4-8-20(21)15-25(22)14-18-10-12-24(13-11-18)16-23(27)19-6-2-1-3-7-19/h1-9,17-18,22H,10-16H2. The molecule has 140 valence electrons. The van der Waals surface area contributed by atoms with Crippen LogP contribution in [0, 0.1) is 5.92 Å². The highest BCUT2D eigenvalue weighted by atomic mass is 16.1. The van der Waals surface area contributed by atoms with Gasteiger partial charge in [-0.2, -0.15) is 0 Å². The van der Waals surface area contributed by atoms with Gasteiger partial charge >= 0.3 is 0 Å². The van der Waals surface area contributed by atoms with Crippen molar-refractivity contribution in [1.82, 2.24) is 9.80 Å². The first kappa shape index (κ1) is 18.1. The Morgan fingerprint density at radius 2 is 1.70 bits per heavy atom. The summed E-state index contributed by atoms with van der Waals surface area (Å²) in [6, 6.07) is 17.7. The molecule has 0 N–H and O–H groups in total. The van der Waals surface area contributed by atoms with E-state index < -0.39 is 0 Å². The van der Waals surface area contributed by atoms with Crippen LogP contribution in [0.15, 0.2) is 54.6 Å². The van der Waals surface area contributed by atoms with E-state index in [1.807, 2.05) is 42.5 Å². The first-order valence-corrected chi connectivity index (χ1v) is 9.82. The fourth-order valence-corrected chi connectivity index (χ4v) is 4.40. The second-order valence-corrected chi connectivity index (χ2v) is 7.72. The Morgan fingerprint density at radius 1 is 1.00 bits per heavy atom. The van der Waals surface area contributed by atoms with Gasteiger partial charge in [-0.05, 0) is 43.0 Å². The minimum atomic E-state index is -0.0983. The molecule has 2 aromatic rings. The number of Topliss-reactive ketones (excluding diaryl/α,β-unsaturated/α-hetero) is 1. The number of hydrogen-bond donors (Lipinski definition) is 0. The quantitative estimate of drug-likeness (QED) is 0.584. The molecule has 0 bridgehead atoms. The van der Waals surface area contributed by atoms with Crippen LogP contribution in [0.4, 0.5) is 0 Å². The van der Waals surface area contributed by atoms with E-state index in [9.17, 15) is 9.59 Å². The number of hydrogen-bond acceptors (Lipinski definition) is 4. The fraction of sp³-hybridized carbons (Fsp3) is 0.391. The lowest BCUT2D eigenvalue weighted by Gasteiger charge is -2.34. The van der Waals surface area contributed by atoms with Crippen LogP contribution in [0.1, 0.15) is 40.4 Å². The molecule has 1 atom stereocenters. The molecule has 1 saturated heterocycles. The molecule has 4 nitrogen and oxygen atoms in total. The topological polar surface area (TPSA) is 40.6 Å². The van der Waals surface area contributed by atoms with Gasteiger partial charge in [0, 0.05) is 18.7 Å². The van der Waals surface area contributed by atoms with Crippen molar-refractivity contribution in [2.45, 2.75) is 25.4 Å². The number of rotatable bonds is 6. The van der Waals surface area contributed by atoms with Crippen molar-refractivity contribution in [3.05, 3.63) is 71.3 Å². The van der Waals surface area contributed by atoms with Gasteiger partial charge in [-0.3, -0.25) is 14.6 Å². The summed E-state index contributed by atoms with van der Waals surface area (Å²) in [5.74, 6) is 0.787. The SMILES string of the molecule is O=CC1c2ccccc2CN1CC1CCN(CC(=O)c2ccccc2)CC1. The molecule has 1 unspecified atom stereocenters. The van der Waals surface area contributed by atoms with Gasteiger partial charge in [0.2, 0.25) is 0 Å². The Hall–Kier alpha value is -2.30. The van der Waals surface area contributed by atoms with Crippen LogP contribution >= 0.6 is 0 Å². The van der Waals surface area contributed by atoms with Gasteiger partial charge in [-0.1, -0.05) is 54.6 Å². The second kappa shape index (κ2) is 8.15. The largest absolute Gasteiger partial charge is 0.301 e. The van der Waals surface area contributed by atoms with Gasteiger partial charge in [0.05, 0.1) is 12.6 Å². The van der Waals surface area contributed by atoms with Gasteiger partial charge in [0.25, 0.3) is 0 Å². The number of carbonyl (C=O) groups is 2. The van der Waals surface area contributed by atoms with Gasteiger partial charge in [-0.15, -0.1) is 0 Å². The fourth-order valence-electron chi connectivity index (χ4n) is 4.40. The van der Waals surface area contributed by atoms with Crippen LogP contribution in [0.5, 0.6) is 0 Å². The van der Waals surface area contributed by atoms with E-state index in [0.717, 1.165) is 50.9 Å². The summed E-state index contributed by atoms with van der Waals surface area (Å²) in [6.45, 7) is 4.24. The predicted octanol–water partition coefficient (Wildman–Crippen LogP) is 3.34. The Kier molecular flexibility index (Phi) is 5.46. The van der Waals surface area contributed by atoms with E-state index in [4.69, 9.17) is 0 Å². The summed E-state index contributed by atoms with van der Waals surface area (Å²) in [5, 5.41) is 0. The zero-order valence-corrected chi connectivity index (χ0v) is 15.6. The van der Waals surface area contributed by atoms with Crippen LogP contribution in [-0.2, 0) is 11.3 Å². The summed E-state index contributed by atoms with van der Waals surface area (Å²) >= 11 is 0. The number of benzene rings is 2. The van der Waals surface area contributed by atoms with Crippen molar-refractivity contribution in [3.8, 4) is 0 Å². The molecule has 0 amide bonds. The Balaban J connectivity index is 1.29. The molecule has 0 saturated carbocycles. The van der Waals surface area contributed by atoms with Gasteiger partial charge in [0.15, 0.2) is 5.78 Å². The maximum Gasteiger partial charge on any atom is 0.176 e. The molecular weight excluding hydrogens is 336 g/mol. The third-order valence-electron chi connectivity index (χ3n) is 5.93. The highest BCUT2D eigenvalue weighted by molar-refractivity contribution is 5.97. The van der Waals surface area contributed by atoms with Gasteiger partial charge in [-0.25, -0.2) is 0 Å². The zero-order valence-electron chi connectivity index (χ0n) is 15.6. The van der Waals surface area contributed by atoms with Crippen LogP contribution in [0.3, 0.4) is 0 Å². The number of piperidine rings is 1. The van der Waals surface area contributed by atoms with Crippen molar-refractivity contribution in [2.75, 3.05) is 26.2 Å². The summed E-state index contributed by atoms with van der Waals surface area (Å²) in [4.78, 5) is 28.6. The van der Waals surface area contributed by atoms with E-state index >= 15 is 0 Å². The molecule has 2 aromatic carbocycles. The summed E-state index contributed by atoms with van der Waals surface area (Å²) in [7, 11) is 0. The number of aldehydes is 1. The third-order valence-corrected chi connectivity index (χ3v) is 5.93. The molecule has 2 aliphatic rings. The van der Waals surface area contributed by atoms with Crippen LogP contribution in [0.25, 0.3) is 0 Å². The molecule has 4 rings (SSSR count). The van der Waals surface area contributed by atoms with E-state index in [0.29, 0.717) is 12.5 Å². The molecule has 2 aliphatic heterocycles. The lowest BCUT2D eigenvalue weighted by atomic mass is 9.95. The monoisotopic (exact) mass is 362 g/mol. The molecule has 0 spiro atoms. The molecule has 27 heavy (non-hydrogen) atoms. The first-order valence-electron chi connectivity index (χ1n) is 9.82. The van der Waals surface area contributed by atoms with Crippen molar-refractivity contribution >= 4 is 12.1 Å². The number of nitrogens with zero attached hydrogens (tertiary/aromatic N) is 2. The van der Waals surface area contributed by atoms with Crippen molar-refractivity contribution < 1.29 is 9.59 Å². The Morgan fingerprint density at radius 3 is 2.44 bits per heavy atom. The van der Waals surface area contributed by atoms with Gasteiger partial charge < -0.3 is 4.79 Å². The van der Waals surface area contributed by atoms with Crippen LogP contribution < -0.4 is 0 Å². The predicted molar refractivity (Wildman–Crippen MR) is 106 cm³/mol. The zero-order chi connectivity index (χ0) is 18.6. The average Bonchev–Trinajstić information content (AvgIpc) is 3.07. The van der Waals surface area contributed by atoms with E-state index in [1.54, 1.807) is 0 Å². The molecule has 1 fully saturated rings. The highest BCUT2D eigenvalue weighted by Crippen LogP contribution is 2.33. The second-order valence-electron chi connectivity index (χ2n) is 7.72. The molecule has 0 radical (unpaired) electrons. The van der Waals surface area contributed by atoms with E-state index in [2.05, 4.69) is 21.9 Å². The number of ketones is 1. The third kappa shape index (κ3) is 4.02. The maximum absolute atomic E-state index is 12.4. The lowest BCUT2D eigenvalue weighted by molar-refractivity contribution is -0.112. The number of fused-ring (bicyclic) bond motifs is 1. The molecule has 0 aromatic heterocycles. The Bertz CT molecular complexity index is 797. The minimum Gasteiger partial charge on any atom is -0.301 e. The van der Waals surface area contributed by atoms with Crippen molar-refractivity contribution in [3.63, 3.8) is 0 Å². The van der Waals surface area contributed by atoms with E-state index in [1.165, 1.54) is 11.1 Å². The highest BCUT2D eigenvalue weighted by Gasteiger charge is 2.32. The van der Waals surface area contributed by atoms with Crippen LogP contribution in [-0.4, -0.2) is 48.0 Å². The Labute approximate surface area is 160 Å². The smallest absolute Gasteiger partial charge is 0.176 e. The molecular formula is C23H26N2O2. The lowest BCUT2D eigenvalue weighted by Crippen LogP contribution is -2.40. The minimum absolute atomic E-state index is 0.0983. The van der Waals surface area contributed by atoms with E-state index in [-0.39, 0.29) is 11.8 Å². The van der Waals surface area contributed by atoms with Crippen molar-refractivity contribution in [2.24, 2.45) is 5.92 Å². The summed E-state index contributed by atoms with van der Waals surface area (Å²) in [6.07, 6.45) is 3.25. The normalized spacial score (nSPS) is 21.1. The summed E-state index contributed by atoms with van der Waals surface area (Å²) in [5.41, 5.74) is 3.24. The molecule has 4 heteroatoms. The first-order chi connectivity index (χ1) is 13.2. The van der Waals surface area contributed by atoms with Crippen molar-refractivity contribution in [1.29, 1.82) is 0 Å². The molecule has 2 heterocycles. The van der Waals surface area contributed by atoms with Gasteiger partial charge in [0.1, 0.15) is 6.29 Å². The average molecular weight is 362 g/mol. The summed E-state index contributed by atoms with van der Waals surface area (Å²) < 4.78 is 0. The maximum atomic E-state index is 12.4. The number of likely N-dealkylation sites (tertiary alicyclic amines) is 1. The number of carbonyl (C=O) groups excluding carboxylic acids is 2. The molecule has 0 aliphatic carbocycles.